The Labute approximate surface area is 88.9 Å². The summed E-state index contributed by atoms with van der Waals surface area (Å²) in [5, 5.41) is 0. The van der Waals surface area contributed by atoms with E-state index >= 15 is 0 Å². The van der Waals surface area contributed by atoms with Crippen LogP contribution in [0.25, 0.3) is 0 Å². The van der Waals surface area contributed by atoms with Gasteiger partial charge in [0.1, 0.15) is 5.75 Å². The van der Waals surface area contributed by atoms with E-state index < -0.39 is 0 Å². The Balaban J connectivity index is 2.19. The topological polar surface area (TPSA) is 73.6 Å². The van der Waals surface area contributed by atoms with Gasteiger partial charge in [-0.2, -0.15) is 0 Å². The van der Waals surface area contributed by atoms with Gasteiger partial charge in [0.05, 0.1) is 6.61 Å². The molecule has 1 unspecified atom stereocenters. The lowest BCUT2D eigenvalue weighted by atomic mass is 9.93. The van der Waals surface area contributed by atoms with E-state index in [0.717, 1.165) is 18.8 Å². The lowest BCUT2D eigenvalue weighted by Gasteiger charge is -2.24. The summed E-state index contributed by atoms with van der Waals surface area (Å²) < 4.78 is 5.55. The number of hydrogen-bond donors (Lipinski definition) is 2. The minimum absolute atomic E-state index is 0.152. The molecule has 1 aliphatic rings. The highest BCUT2D eigenvalue weighted by molar-refractivity contribution is 5.75. The van der Waals surface area contributed by atoms with Gasteiger partial charge >= 0.3 is 0 Å². The van der Waals surface area contributed by atoms with Crippen molar-refractivity contribution in [1.82, 2.24) is 0 Å². The smallest absolute Gasteiger partial charge is 0.185 e. The number of benzene rings is 1. The van der Waals surface area contributed by atoms with E-state index in [1.54, 1.807) is 0 Å². The molecule has 0 saturated heterocycles. The molecule has 4 nitrogen and oxygen atoms in total. The van der Waals surface area contributed by atoms with E-state index in [1.807, 2.05) is 18.2 Å². The zero-order chi connectivity index (χ0) is 10.7. The van der Waals surface area contributed by atoms with Gasteiger partial charge in [-0.05, 0) is 18.1 Å². The minimum Gasteiger partial charge on any atom is -0.493 e. The van der Waals surface area contributed by atoms with Crippen LogP contribution in [0.2, 0.25) is 0 Å². The van der Waals surface area contributed by atoms with Crippen LogP contribution in [0.15, 0.2) is 29.3 Å². The van der Waals surface area contributed by atoms with E-state index in [4.69, 9.17) is 16.2 Å². The number of ether oxygens (including phenoxy) is 1. The number of guanidine groups is 1. The first-order valence-corrected chi connectivity index (χ1v) is 5.04. The predicted octanol–water partition coefficient (Wildman–Crippen LogP) is 0.826. The summed E-state index contributed by atoms with van der Waals surface area (Å²) in [6.45, 7) is 1.38. The van der Waals surface area contributed by atoms with E-state index in [1.165, 1.54) is 5.56 Å². The van der Waals surface area contributed by atoms with Crippen LogP contribution in [0.3, 0.4) is 0 Å². The van der Waals surface area contributed by atoms with Crippen molar-refractivity contribution < 1.29 is 4.74 Å². The average molecular weight is 205 g/mol. The van der Waals surface area contributed by atoms with Crippen LogP contribution in [0.4, 0.5) is 0 Å². The highest BCUT2D eigenvalue weighted by Gasteiger charge is 2.20. The van der Waals surface area contributed by atoms with E-state index in [0.29, 0.717) is 12.5 Å². The van der Waals surface area contributed by atoms with Gasteiger partial charge in [0.2, 0.25) is 0 Å². The van der Waals surface area contributed by atoms with Crippen LogP contribution in [0, 0.1) is 0 Å². The molecule has 0 amide bonds. The lowest BCUT2D eigenvalue weighted by Crippen LogP contribution is -2.25. The highest BCUT2D eigenvalue weighted by atomic mass is 16.5. The normalized spacial score (nSPS) is 18.8. The second-order valence-corrected chi connectivity index (χ2v) is 3.64. The molecule has 1 aliphatic heterocycles. The molecule has 2 rings (SSSR count). The van der Waals surface area contributed by atoms with Crippen molar-refractivity contribution in [2.24, 2.45) is 16.5 Å². The van der Waals surface area contributed by atoms with Crippen molar-refractivity contribution >= 4 is 5.96 Å². The Bertz CT molecular complexity index is 372. The Hall–Kier alpha value is -1.71. The number of aliphatic imine (C=N–C) groups is 1. The van der Waals surface area contributed by atoms with Gasteiger partial charge in [0.15, 0.2) is 5.96 Å². The molecule has 80 valence electrons. The van der Waals surface area contributed by atoms with Gasteiger partial charge in [-0.15, -0.1) is 0 Å². The van der Waals surface area contributed by atoms with Crippen LogP contribution in [0.5, 0.6) is 5.75 Å². The standard InChI is InChI=1S/C11H15N3O/c12-11(13)14-7-8-5-6-15-10-4-2-1-3-9(8)10/h1-4,8H,5-7H2,(H4,12,13,14). The van der Waals surface area contributed by atoms with Gasteiger partial charge < -0.3 is 16.2 Å². The maximum atomic E-state index is 5.55. The van der Waals surface area contributed by atoms with Crippen molar-refractivity contribution in [3.8, 4) is 5.75 Å². The number of nitrogens with zero attached hydrogens (tertiary/aromatic N) is 1. The second kappa shape index (κ2) is 4.21. The Morgan fingerprint density at radius 1 is 1.40 bits per heavy atom. The first-order valence-electron chi connectivity index (χ1n) is 5.04. The van der Waals surface area contributed by atoms with Crippen molar-refractivity contribution in [3.05, 3.63) is 29.8 Å². The lowest BCUT2D eigenvalue weighted by molar-refractivity contribution is 0.269. The first kappa shape index (κ1) is 9.83. The zero-order valence-corrected chi connectivity index (χ0v) is 8.52. The quantitative estimate of drug-likeness (QED) is 0.554. The zero-order valence-electron chi connectivity index (χ0n) is 8.52. The maximum Gasteiger partial charge on any atom is 0.185 e. The highest BCUT2D eigenvalue weighted by Crippen LogP contribution is 2.33. The van der Waals surface area contributed by atoms with Crippen molar-refractivity contribution in [1.29, 1.82) is 0 Å². The third-order valence-electron chi connectivity index (χ3n) is 2.58. The molecule has 1 aromatic carbocycles. The molecule has 15 heavy (non-hydrogen) atoms. The number of rotatable bonds is 2. The van der Waals surface area contributed by atoms with Crippen molar-refractivity contribution in [3.63, 3.8) is 0 Å². The van der Waals surface area contributed by atoms with E-state index in [2.05, 4.69) is 11.1 Å². The number of hydrogen-bond acceptors (Lipinski definition) is 2. The summed E-state index contributed by atoms with van der Waals surface area (Å²) in [7, 11) is 0. The van der Waals surface area contributed by atoms with Crippen LogP contribution < -0.4 is 16.2 Å². The number of fused-ring (bicyclic) bond motifs is 1. The summed E-state index contributed by atoms with van der Waals surface area (Å²) in [6, 6.07) is 8.04. The molecule has 0 radical (unpaired) electrons. The van der Waals surface area contributed by atoms with Gasteiger partial charge in [0.25, 0.3) is 0 Å². The van der Waals surface area contributed by atoms with Crippen molar-refractivity contribution in [2.45, 2.75) is 12.3 Å². The molecule has 1 heterocycles. The van der Waals surface area contributed by atoms with E-state index in [-0.39, 0.29) is 5.96 Å². The summed E-state index contributed by atoms with van der Waals surface area (Å²) >= 11 is 0. The van der Waals surface area contributed by atoms with Gasteiger partial charge in [-0.1, -0.05) is 18.2 Å². The van der Waals surface area contributed by atoms with Crippen LogP contribution >= 0.6 is 0 Å². The van der Waals surface area contributed by atoms with Gasteiger partial charge in [-0.3, -0.25) is 4.99 Å². The second-order valence-electron chi connectivity index (χ2n) is 3.64. The SMILES string of the molecule is NC(N)=NCC1CCOc2ccccc21. The van der Waals surface area contributed by atoms with Crippen molar-refractivity contribution in [2.75, 3.05) is 13.2 Å². The molecule has 0 spiro atoms. The summed E-state index contributed by atoms with van der Waals surface area (Å²) in [5.74, 6) is 1.48. The molecule has 1 aromatic rings. The molecule has 0 aliphatic carbocycles. The Kier molecular flexibility index (Phi) is 2.76. The fraction of sp³-hybridized carbons (Fsp3) is 0.364. The third-order valence-corrected chi connectivity index (χ3v) is 2.58. The third kappa shape index (κ3) is 2.21. The molecular weight excluding hydrogens is 190 g/mol. The Morgan fingerprint density at radius 3 is 3.00 bits per heavy atom. The maximum absolute atomic E-state index is 5.55. The predicted molar refractivity (Wildman–Crippen MR) is 60.0 cm³/mol. The molecule has 4 heteroatoms. The first-order chi connectivity index (χ1) is 7.27. The van der Waals surface area contributed by atoms with Gasteiger partial charge in [-0.25, -0.2) is 0 Å². The minimum atomic E-state index is 0.152. The molecule has 0 bridgehead atoms. The fourth-order valence-corrected chi connectivity index (χ4v) is 1.82. The molecule has 1 atom stereocenters. The summed E-state index contributed by atoms with van der Waals surface area (Å²) in [6.07, 6.45) is 0.966. The summed E-state index contributed by atoms with van der Waals surface area (Å²) in [4.78, 5) is 4.06. The molecule has 4 N–H and O–H groups in total. The van der Waals surface area contributed by atoms with Crippen LogP contribution in [0.1, 0.15) is 17.9 Å². The summed E-state index contributed by atoms with van der Waals surface area (Å²) in [5.41, 5.74) is 11.9. The van der Waals surface area contributed by atoms with E-state index in [9.17, 15) is 0 Å². The molecule has 0 fully saturated rings. The molecule has 0 aromatic heterocycles. The largest absolute Gasteiger partial charge is 0.493 e. The Morgan fingerprint density at radius 2 is 2.20 bits per heavy atom. The van der Waals surface area contributed by atoms with Gasteiger partial charge in [0, 0.05) is 12.5 Å². The molecular formula is C11H15N3O. The molecule has 0 saturated carbocycles. The number of nitrogens with two attached hydrogens (primary N) is 2. The van der Waals surface area contributed by atoms with Crippen LogP contribution in [-0.4, -0.2) is 19.1 Å². The number of para-hydroxylation sites is 1. The average Bonchev–Trinajstić information content (AvgIpc) is 2.26. The monoisotopic (exact) mass is 205 g/mol. The van der Waals surface area contributed by atoms with Crippen LogP contribution in [-0.2, 0) is 0 Å². The fourth-order valence-electron chi connectivity index (χ4n) is 1.82.